The van der Waals surface area contributed by atoms with E-state index in [0.717, 1.165) is 16.9 Å². The Bertz CT molecular complexity index is 605. The molecule has 0 unspecified atom stereocenters. The third-order valence-corrected chi connectivity index (χ3v) is 2.86. The predicted octanol–water partition coefficient (Wildman–Crippen LogP) is 4.07. The quantitative estimate of drug-likeness (QED) is 0.877. The van der Waals surface area contributed by atoms with E-state index in [9.17, 15) is 4.79 Å². The van der Waals surface area contributed by atoms with Crippen molar-refractivity contribution in [3.8, 4) is 0 Å². The highest BCUT2D eigenvalue weighted by molar-refractivity contribution is 6.04. The number of aryl methyl sites for hydroxylation is 1. The van der Waals surface area contributed by atoms with E-state index >= 15 is 0 Å². The number of carbonyl (C=O) groups is 1. The topological polar surface area (TPSA) is 41.1 Å². The number of amides is 1. The molecule has 0 aliphatic rings. The Balaban J connectivity index is 2.13. The van der Waals surface area contributed by atoms with Crippen molar-refractivity contribution in [2.24, 2.45) is 0 Å². The first-order chi connectivity index (χ1) is 9.54. The summed E-state index contributed by atoms with van der Waals surface area (Å²) in [4.78, 5) is 12.2. The molecule has 1 amide bonds. The van der Waals surface area contributed by atoms with Crippen LogP contribution in [0.1, 0.15) is 29.8 Å². The summed E-state index contributed by atoms with van der Waals surface area (Å²) in [5.74, 6) is -0.0944. The molecule has 3 heteroatoms. The molecule has 2 rings (SSSR count). The van der Waals surface area contributed by atoms with Gasteiger partial charge in [-0.1, -0.05) is 18.2 Å². The summed E-state index contributed by atoms with van der Waals surface area (Å²) in [6, 6.07) is 15.6. The minimum absolute atomic E-state index is 0.0944. The average molecular weight is 268 g/mol. The lowest BCUT2D eigenvalue weighted by Gasteiger charge is -2.11. The third kappa shape index (κ3) is 3.85. The predicted molar refractivity (Wildman–Crippen MR) is 84.3 cm³/mol. The Hall–Kier alpha value is -2.29. The van der Waals surface area contributed by atoms with E-state index in [1.54, 1.807) is 0 Å². The first-order valence-corrected chi connectivity index (χ1v) is 6.79. The monoisotopic (exact) mass is 268 g/mol. The van der Waals surface area contributed by atoms with Crippen LogP contribution in [0.25, 0.3) is 0 Å². The molecule has 0 fully saturated rings. The summed E-state index contributed by atoms with van der Waals surface area (Å²) in [6.07, 6.45) is 0. The molecule has 2 aromatic rings. The van der Waals surface area contributed by atoms with Gasteiger partial charge in [0.25, 0.3) is 5.91 Å². The first-order valence-electron chi connectivity index (χ1n) is 6.79. The molecule has 0 bridgehead atoms. The lowest BCUT2D eigenvalue weighted by molar-refractivity contribution is 0.102. The number of anilines is 2. The second-order valence-corrected chi connectivity index (χ2v) is 5.20. The Kier molecular flexibility index (Phi) is 4.41. The van der Waals surface area contributed by atoms with Gasteiger partial charge in [0.1, 0.15) is 0 Å². The van der Waals surface area contributed by atoms with Gasteiger partial charge in [0, 0.05) is 23.0 Å². The molecule has 0 saturated heterocycles. The molecule has 2 N–H and O–H groups in total. The van der Waals surface area contributed by atoms with Gasteiger partial charge in [0.05, 0.1) is 0 Å². The average Bonchev–Trinajstić information content (AvgIpc) is 2.38. The van der Waals surface area contributed by atoms with Crippen molar-refractivity contribution in [2.75, 3.05) is 10.6 Å². The van der Waals surface area contributed by atoms with Crippen LogP contribution in [0.2, 0.25) is 0 Å². The van der Waals surface area contributed by atoms with E-state index in [0.29, 0.717) is 11.6 Å². The standard InChI is InChI=1S/C17H20N2O/c1-12(2)18-16-9-5-7-14(11-16)17(20)19-15-8-4-6-13(3)10-15/h4-12,18H,1-3H3,(H,19,20). The van der Waals surface area contributed by atoms with Crippen LogP contribution in [0.4, 0.5) is 11.4 Å². The Labute approximate surface area is 120 Å². The van der Waals surface area contributed by atoms with Crippen LogP contribution in [0.15, 0.2) is 48.5 Å². The minimum Gasteiger partial charge on any atom is -0.383 e. The minimum atomic E-state index is -0.0944. The van der Waals surface area contributed by atoms with Crippen molar-refractivity contribution in [1.29, 1.82) is 0 Å². The number of rotatable bonds is 4. The van der Waals surface area contributed by atoms with E-state index in [-0.39, 0.29) is 5.91 Å². The lowest BCUT2D eigenvalue weighted by Crippen LogP contribution is -2.14. The Morgan fingerprint density at radius 1 is 1.00 bits per heavy atom. The first kappa shape index (κ1) is 14.1. The molecule has 0 saturated carbocycles. The number of nitrogens with one attached hydrogen (secondary N) is 2. The van der Waals surface area contributed by atoms with Gasteiger partial charge in [0.15, 0.2) is 0 Å². The largest absolute Gasteiger partial charge is 0.383 e. The zero-order valence-corrected chi connectivity index (χ0v) is 12.1. The van der Waals surface area contributed by atoms with Crippen molar-refractivity contribution in [2.45, 2.75) is 26.8 Å². The molecule has 0 aliphatic heterocycles. The maximum atomic E-state index is 12.2. The molecular formula is C17H20N2O. The number of hydrogen-bond donors (Lipinski definition) is 2. The van der Waals surface area contributed by atoms with Gasteiger partial charge in [-0.3, -0.25) is 4.79 Å². The zero-order chi connectivity index (χ0) is 14.5. The van der Waals surface area contributed by atoms with Gasteiger partial charge in [-0.15, -0.1) is 0 Å². The summed E-state index contributed by atoms with van der Waals surface area (Å²) in [6.45, 7) is 6.14. The third-order valence-electron chi connectivity index (χ3n) is 2.86. The van der Waals surface area contributed by atoms with Crippen LogP contribution in [-0.2, 0) is 0 Å². The van der Waals surface area contributed by atoms with Crippen molar-refractivity contribution in [3.05, 3.63) is 59.7 Å². The highest BCUT2D eigenvalue weighted by atomic mass is 16.1. The molecule has 0 heterocycles. The number of hydrogen-bond acceptors (Lipinski definition) is 2. The SMILES string of the molecule is Cc1cccc(NC(=O)c2cccc(NC(C)C)c2)c1. The molecule has 0 spiro atoms. The summed E-state index contributed by atoms with van der Waals surface area (Å²) in [5, 5.41) is 6.21. The van der Waals surface area contributed by atoms with Gasteiger partial charge in [0.2, 0.25) is 0 Å². The van der Waals surface area contributed by atoms with Gasteiger partial charge >= 0.3 is 0 Å². The van der Waals surface area contributed by atoms with Gasteiger partial charge in [-0.05, 0) is 56.7 Å². The zero-order valence-electron chi connectivity index (χ0n) is 12.1. The molecule has 0 atom stereocenters. The molecular weight excluding hydrogens is 248 g/mol. The lowest BCUT2D eigenvalue weighted by atomic mass is 10.1. The summed E-state index contributed by atoms with van der Waals surface area (Å²) < 4.78 is 0. The van der Waals surface area contributed by atoms with E-state index in [1.807, 2.05) is 55.5 Å². The molecule has 0 aromatic heterocycles. The molecule has 20 heavy (non-hydrogen) atoms. The smallest absolute Gasteiger partial charge is 0.255 e. The molecule has 104 valence electrons. The fraction of sp³-hybridized carbons (Fsp3) is 0.235. The van der Waals surface area contributed by atoms with Crippen molar-refractivity contribution >= 4 is 17.3 Å². The highest BCUT2D eigenvalue weighted by Gasteiger charge is 2.07. The van der Waals surface area contributed by atoms with Crippen molar-refractivity contribution in [3.63, 3.8) is 0 Å². The van der Waals surface area contributed by atoms with Gasteiger partial charge < -0.3 is 10.6 Å². The summed E-state index contributed by atoms with van der Waals surface area (Å²) >= 11 is 0. The van der Waals surface area contributed by atoms with Gasteiger partial charge in [-0.25, -0.2) is 0 Å². The molecule has 0 aliphatic carbocycles. The van der Waals surface area contributed by atoms with E-state index in [4.69, 9.17) is 0 Å². The van der Waals surface area contributed by atoms with E-state index in [1.165, 1.54) is 0 Å². The van der Waals surface area contributed by atoms with Crippen LogP contribution in [-0.4, -0.2) is 11.9 Å². The fourth-order valence-corrected chi connectivity index (χ4v) is 2.01. The van der Waals surface area contributed by atoms with Crippen molar-refractivity contribution in [1.82, 2.24) is 0 Å². The van der Waals surface area contributed by atoms with Crippen LogP contribution in [0.3, 0.4) is 0 Å². The second kappa shape index (κ2) is 6.24. The fourth-order valence-electron chi connectivity index (χ4n) is 2.01. The Morgan fingerprint density at radius 3 is 2.40 bits per heavy atom. The second-order valence-electron chi connectivity index (χ2n) is 5.20. The number of benzene rings is 2. The van der Waals surface area contributed by atoms with E-state index in [2.05, 4.69) is 24.5 Å². The molecule has 2 aromatic carbocycles. The normalized spacial score (nSPS) is 10.4. The van der Waals surface area contributed by atoms with Crippen molar-refractivity contribution < 1.29 is 4.79 Å². The van der Waals surface area contributed by atoms with E-state index < -0.39 is 0 Å². The van der Waals surface area contributed by atoms with Gasteiger partial charge in [-0.2, -0.15) is 0 Å². The van der Waals surface area contributed by atoms with Crippen LogP contribution < -0.4 is 10.6 Å². The summed E-state index contributed by atoms with van der Waals surface area (Å²) in [7, 11) is 0. The highest BCUT2D eigenvalue weighted by Crippen LogP contribution is 2.15. The maximum Gasteiger partial charge on any atom is 0.255 e. The Morgan fingerprint density at radius 2 is 1.70 bits per heavy atom. The van der Waals surface area contributed by atoms with Crippen LogP contribution in [0.5, 0.6) is 0 Å². The molecule has 0 radical (unpaired) electrons. The maximum absolute atomic E-state index is 12.2. The molecule has 3 nitrogen and oxygen atoms in total. The number of carbonyl (C=O) groups excluding carboxylic acids is 1. The summed E-state index contributed by atoms with van der Waals surface area (Å²) in [5.41, 5.74) is 3.55. The van der Waals surface area contributed by atoms with Crippen LogP contribution >= 0.6 is 0 Å². The van der Waals surface area contributed by atoms with Crippen LogP contribution in [0, 0.1) is 6.92 Å².